The van der Waals surface area contributed by atoms with Crippen molar-refractivity contribution in [3.05, 3.63) is 66.0 Å². The van der Waals surface area contributed by atoms with Crippen molar-refractivity contribution in [3.8, 4) is 17.1 Å². The van der Waals surface area contributed by atoms with E-state index in [9.17, 15) is 4.39 Å². The van der Waals surface area contributed by atoms with E-state index >= 15 is 0 Å². The van der Waals surface area contributed by atoms with Crippen LogP contribution in [0.5, 0.6) is 5.75 Å². The van der Waals surface area contributed by atoms with E-state index in [0.29, 0.717) is 17.9 Å². The molecular formula is C16H13FN2O2. The largest absolute Gasteiger partial charge is 0.486 e. The van der Waals surface area contributed by atoms with Gasteiger partial charge >= 0.3 is 0 Å². The van der Waals surface area contributed by atoms with E-state index in [0.717, 1.165) is 5.56 Å². The van der Waals surface area contributed by atoms with Gasteiger partial charge in [0.2, 0.25) is 0 Å². The van der Waals surface area contributed by atoms with Crippen LogP contribution in [-0.2, 0) is 6.61 Å². The van der Waals surface area contributed by atoms with Crippen molar-refractivity contribution < 1.29 is 13.7 Å². The molecule has 0 unspecified atom stereocenters. The van der Waals surface area contributed by atoms with Crippen LogP contribution in [-0.4, -0.2) is 5.16 Å². The smallest absolute Gasteiger partial charge is 0.169 e. The molecular weight excluding hydrogens is 271 g/mol. The first-order chi connectivity index (χ1) is 10.2. The minimum absolute atomic E-state index is 0.190. The molecule has 0 amide bonds. The number of benzene rings is 2. The topological polar surface area (TPSA) is 61.3 Å². The summed E-state index contributed by atoms with van der Waals surface area (Å²) in [6.45, 7) is 0.312. The van der Waals surface area contributed by atoms with Crippen molar-refractivity contribution in [2.45, 2.75) is 6.61 Å². The van der Waals surface area contributed by atoms with Gasteiger partial charge in [-0.15, -0.1) is 0 Å². The van der Waals surface area contributed by atoms with Gasteiger partial charge in [-0.2, -0.15) is 0 Å². The number of aromatic nitrogens is 1. The maximum Gasteiger partial charge on any atom is 0.169 e. The average Bonchev–Trinajstić information content (AvgIpc) is 2.93. The van der Waals surface area contributed by atoms with Gasteiger partial charge in [-0.25, -0.2) is 4.39 Å². The second kappa shape index (κ2) is 5.66. The fraction of sp³-hybridized carbons (Fsp3) is 0.0625. The van der Waals surface area contributed by atoms with Gasteiger partial charge in [0.1, 0.15) is 6.61 Å². The van der Waals surface area contributed by atoms with Crippen LogP contribution >= 0.6 is 0 Å². The number of ether oxygens (including phenoxy) is 1. The Balaban J connectivity index is 1.75. The molecule has 21 heavy (non-hydrogen) atoms. The Hall–Kier alpha value is -2.82. The van der Waals surface area contributed by atoms with Crippen LogP contribution < -0.4 is 10.5 Å². The summed E-state index contributed by atoms with van der Waals surface area (Å²) in [5.74, 6) is 0.407. The molecule has 4 nitrogen and oxygen atoms in total. The number of halogens is 1. The minimum atomic E-state index is -0.460. The third-order valence-electron chi connectivity index (χ3n) is 2.98. The van der Waals surface area contributed by atoms with Crippen LogP contribution in [0.15, 0.2) is 59.1 Å². The van der Waals surface area contributed by atoms with Crippen LogP contribution in [0.2, 0.25) is 0 Å². The molecule has 0 aliphatic heterocycles. The van der Waals surface area contributed by atoms with Crippen LogP contribution in [0.25, 0.3) is 11.3 Å². The molecule has 0 saturated carbocycles. The number of nitrogens with zero attached hydrogens (tertiary/aromatic N) is 1. The average molecular weight is 284 g/mol. The van der Waals surface area contributed by atoms with Crippen molar-refractivity contribution in [1.29, 1.82) is 0 Å². The number of anilines is 1. The Morgan fingerprint density at radius 1 is 1.10 bits per heavy atom. The molecule has 106 valence electrons. The molecule has 2 aromatic carbocycles. The summed E-state index contributed by atoms with van der Waals surface area (Å²) >= 11 is 0. The number of nitrogen functional groups attached to an aromatic ring is 1. The molecule has 2 N–H and O–H groups in total. The van der Waals surface area contributed by atoms with Gasteiger partial charge in [-0.3, -0.25) is 0 Å². The minimum Gasteiger partial charge on any atom is -0.486 e. The lowest BCUT2D eigenvalue weighted by Gasteiger charge is -2.08. The van der Waals surface area contributed by atoms with Crippen molar-refractivity contribution in [3.63, 3.8) is 0 Å². The first-order valence-corrected chi connectivity index (χ1v) is 6.41. The van der Waals surface area contributed by atoms with Crippen LogP contribution in [0.1, 0.15) is 5.56 Å². The van der Waals surface area contributed by atoms with E-state index < -0.39 is 5.82 Å². The van der Waals surface area contributed by atoms with Crippen LogP contribution in [0.4, 0.5) is 10.2 Å². The van der Waals surface area contributed by atoms with Crippen LogP contribution in [0.3, 0.4) is 0 Å². The first kappa shape index (κ1) is 13.2. The summed E-state index contributed by atoms with van der Waals surface area (Å²) < 4.78 is 24.5. The quantitative estimate of drug-likeness (QED) is 0.794. The standard InChI is InChI=1S/C16H13FN2O2/c17-13-8-12(15-9-16(18)19-21-15)6-7-14(13)20-10-11-4-2-1-3-5-11/h1-9H,10H2,(H2,18,19). The van der Waals surface area contributed by atoms with E-state index in [-0.39, 0.29) is 11.6 Å². The molecule has 0 fully saturated rings. The summed E-state index contributed by atoms with van der Waals surface area (Å²) in [5, 5.41) is 3.57. The fourth-order valence-corrected chi connectivity index (χ4v) is 1.93. The van der Waals surface area contributed by atoms with Gasteiger partial charge in [0.25, 0.3) is 0 Å². The predicted molar refractivity (Wildman–Crippen MR) is 77.1 cm³/mol. The summed E-state index contributed by atoms with van der Waals surface area (Å²) in [6, 6.07) is 15.7. The Morgan fingerprint density at radius 3 is 2.57 bits per heavy atom. The lowest BCUT2D eigenvalue weighted by atomic mass is 10.1. The maximum atomic E-state index is 14.0. The molecule has 0 aliphatic carbocycles. The number of hydrogen-bond donors (Lipinski definition) is 1. The zero-order valence-electron chi connectivity index (χ0n) is 11.1. The van der Waals surface area contributed by atoms with Gasteiger partial charge in [0, 0.05) is 11.6 Å². The SMILES string of the molecule is Nc1cc(-c2ccc(OCc3ccccc3)c(F)c2)on1. The van der Waals surface area contributed by atoms with E-state index in [4.69, 9.17) is 15.0 Å². The molecule has 3 rings (SSSR count). The zero-order valence-corrected chi connectivity index (χ0v) is 11.1. The third-order valence-corrected chi connectivity index (χ3v) is 2.98. The lowest BCUT2D eigenvalue weighted by molar-refractivity contribution is 0.290. The summed E-state index contributed by atoms with van der Waals surface area (Å²) in [4.78, 5) is 0. The molecule has 0 radical (unpaired) electrons. The maximum absolute atomic E-state index is 14.0. The van der Waals surface area contributed by atoms with E-state index in [1.165, 1.54) is 6.07 Å². The fourth-order valence-electron chi connectivity index (χ4n) is 1.93. The number of nitrogens with two attached hydrogens (primary N) is 1. The molecule has 0 bridgehead atoms. The van der Waals surface area contributed by atoms with Gasteiger partial charge in [-0.05, 0) is 23.8 Å². The molecule has 0 saturated heterocycles. The molecule has 3 aromatic rings. The van der Waals surface area contributed by atoms with Crippen molar-refractivity contribution >= 4 is 5.82 Å². The Kier molecular flexibility index (Phi) is 3.55. The highest BCUT2D eigenvalue weighted by molar-refractivity contribution is 5.61. The van der Waals surface area contributed by atoms with E-state index in [1.54, 1.807) is 18.2 Å². The highest BCUT2D eigenvalue weighted by atomic mass is 19.1. The first-order valence-electron chi connectivity index (χ1n) is 6.41. The molecule has 0 atom stereocenters. The Bertz CT molecular complexity index is 741. The molecule has 0 spiro atoms. The van der Waals surface area contributed by atoms with E-state index in [1.807, 2.05) is 30.3 Å². The molecule has 1 aromatic heterocycles. The van der Waals surface area contributed by atoms with Crippen molar-refractivity contribution in [2.24, 2.45) is 0 Å². The number of rotatable bonds is 4. The molecule has 1 heterocycles. The van der Waals surface area contributed by atoms with Crippen molar-refractivity contribution in [1.82, 2.24) is 5.16 Å². The van der Waals surface area contributed by atoms with Gasteiger partial charge in [0.05, 0.1) is 0 Å². The monoisotopic (exact) mass is 284 g/mol. The number of hydrogen-bond acceptors (Lipinski definition) is 4. The van der Waals surface area contributed by atoms with Gasteiger partial charge in [-0.1, -0.05) is 35.5 Å². The second-order valence-corrected chi connectivity index (χ2v) is 4.54. The predicted octanol–water partition coefficient (Wildman–Crippen LogP) is 3.64. The Labute approximate surface area is 120 Å². The highest BCUT2D eigenvalue weighted by Crippen LogP contribution is 2.27. The zero-order chi connectivity index (χ0) is 14.7. The lowest BCUT2D eigenvalue weighted by Crippen LogP contribution is -1.97. The second-order valence-electron chi connectivity index (χ2n) is 4.54. The van der Waals surface area contributed by atoms with Gasteiger partial charge in [0.15, 0.2) is 23.1 Å². The molecule has 5 heteroatoms. The summed E-state index contributed by atoms with van der Waals surface area (Å²) in [6.07, 6.45) is 0. The normalized spacial score (nSPS) is 10.5. The summed E-state index contributed by atoms with van der Waals surface area (Å²) in [7, 11) is 0. The molecule has 0 aliphatic rings. The van der Waals surface area contributed by atoms with E-state index in [2.05, 4.69) is 5.16 Å². The third kappa shape index (κ3) is 3.02. The van der Waals surface area contributed by atoms with Gasteiger partial charge < -0.3 is 15.0 Å². The summed E-state index contributed by atoms with van der Waals surface area (Å²) in [5.41, 5.74) is 7.01. The Morgan fingerprint density at radius 2 is 1.90 bits per heavy atom. The highest BCUT2D eigenvalue weighted by Gasteiger charge is 2.10. The van der Waals surface area contributed by atoms with Crippen molar-refractivity contribution in [2.75, 3.05) is 5.73 Å². The van der Waals surface area contributed by atoms with Crippen LogP contribution in [0, 0.1) is 5.82 Å².